The highest BCUT2D eigenvalue weighted by Crippen LogP contribution is 2.29. The third-order valence-electron chi connectivity index (χ3n) is 4.13. The van der Waals surface area contributed by atoms with E-state index in [1.807, 2.05) is 49.4 Å². The number of hydrogen-bond donors (Lipinski definition) is 1. The average Bonchev–Trinajstić information content (AvgIpc) is 2.65. The third-order valence-corrected chi connectivity index (χ3v) is 5.20. The van der Waals surface area contributed by atoms with Gasteiger partial charge in [0, 0.05) is 16.7 Å². The van der Waals surface area contributed by atoms with Crippen molar-refractivity contribution >= 4 is 28.5 Å². The van der Waals surface area contributed by atoms with Gasteiger partial charge in [0.25, 0.3) is 5.91 Å². The number of hydrazone groups is 1. The predicted octanol–water partition coefficient (Wildman–Crippen LogP) is 1.68. The molecule has 2 aromatic rings. The van der Waals surface area contributed by atoms with Crippen molar-refractivity contribution in [1.82, 2.24) is 15.3 Å². The Balaban J connectivity index is 1.90. The van der Waals surface area contributed by atoms with Crippen molar-refractivity contribution in [2.24, 2.45) is 10.1 Å². The number of thioether (sulfide) groups is 1. The van der Waals surface area contributed by atoms with Crippen molar-refractivity contribution < 1.29 is 4.79 Å². The Morgan fingerprint density at radius 3 is 2.85 bits per heavy atom. The van der Waals surface area contributed by atoms with E-state index in [9.17, 15) is 4.79 Å². The van der Waals surface area contributed by atoms with Crippen LogP contribution in [0.3, 0.4) is 0 Å². The third kappa shape index (κ3) is 2.99. The second kappa shape index (κ2) is 6.92. The predicted molar refractivity (Wildman–Crippen MR) is 103 cm³/mol. The van der Waals surface area contributed by atoms with Gasteiger partial charge in [-0.25, -0.2) is 5.01 Å². The van der Waals surface area contributed by atoms with Crippen LogP contribution in [0.5, 0.6) is 0 Å². The topological polar surface area (TPSA) is 70.0 Å². The number of carbonyl (C=O) groups is 1. The summed E-state index contributed by atoms with van der Waals surface area (Å²) in [6, 6.07) is 13.5. The molecule has 6 nitrogen and oxygen atoms in total. The molecule has 7 heteroatoms. The van der Waals surface area contributed by atoms with Crippen LogP contribution in [0.25, 0.3) is 5.70 Å². The van der Waals surface area contributed by atoms with Gasteiger partial charge in [0.2, 0.25) is 0 Å². The maximum atomic E-state index is 12.9. The Kier molecular flexibility index (Phi) is 4.46. The largest absolute Gasteiger partial charge is 0.298 e. The van der Waals surface area contributed by atoms with Gasteiger partial charge in [-0.3, -0.25) is 20.1 Å². The van der Waals surface area contributed by atoms with Gasteiger partial charge < -0.3 is 0 Å². The maximum Gasteiger partial charge on any atom is 0.276 e. The van der Waals surface area contributed by atoms with Gasteiger partial charge in [0.05, 0.1) is 11.1 Å². The van der Waals surface area contributed by atoms with Crippen LogP contribution >= 0.6 is 11.8 Å². The number of pyridine rings is 1. The van der Waals surface area contributed by atoms with Crippen molar-refractivity contribution in [3.05, 3.63) is 64.4 Å². The van der Waals surface area contributed by atoms with E-state index in [2.05, 4.69) is 22.3 Å². The fourth-order valence-corrected chi connectivity index (χ4v) is 3.70. The second-order valence-corrected chi connectivity index (χ2v) is 7.21. The number of nitrogens with one attached hydrogen (secondary N) is 1. The van der Waals surface area contributed by atoms with E-state index < -0.39 is 6.17 Å². The lowest BCUT2D eigenvalue weighted by molar-refractivity contribution is -0.116. The second-order valence-electron chi connectivity index (χ2n) is 6.12. The lowest BCUT2D eigenvalue weighted by Gasteiger charge is -2.33. The Hall–Kier alpha value is -2.67. The van der Waals surface area contributed by atoms with Crippen molar-refractivity contribution in [3.63, 3.8) is 0 Å². The summed E-state index contributed by atoms with van der Waals surface area (Å²) < 4.78 is 0. The molecule has 1 aromatic carbocycles. The van der Waals surface area contributed by atoms with Gasteiger partial charge in [0.1, 0.15) is 5.70 Å². The summed E-state index contributed by atoms with van der Waals surface area (Å²) in [5.41, 5.74) is 2.20. The van der Waals surface area contributed by atoms with E-state index in [0.717, 1.165) is 34.1 Å². The van der Waals surface area contributed by atoms with Crippen LogP contribution in [0.15, 0.2) is 52.6 Å². The first-order valence-corrected chi connectivity index (χ1v) is 9.58. The van der Waals surface area contributed by atoms with E-state index >= 15 is 0 Å². The van der Waals surface area contributed by atoms with Crippen LogP contribution in [0.4, 0.5) is 0 Å². The number of aromatic nitrogens is 1. The molecule has 0 fully saturated rings. The highest BCUT2D eigenvalue weighted by molar-refractivity contribution is 8.13. The molecular formula is C19H19N5OS. The summed E-state index contributed by atoms with van der Waals surface area (Å²) in [5.74, 6) is 0.738. The number of amidine groups is 1. The first-order chi connectivity index (χ1) is 12.7. The number of carbonyl (C=O) groups excluding carboxylic acids is 1. The summed E-state index contributed by atoms with van der Waals surface area (Å²) in [7, 11) is 0. The fraction of sp³-hybridized carbons (Fsp3) is 0.263. The Labute approximate surface area is 155 Å². The molecule has 0 radical (unpaired) electrons. The molecule has 1 aromatic heterocycles. The Morgan fingerprint density at radius 2 is 2.04 bits per heavy atom. The van der Waals surface area contributed by atoms with E-state index in [-0.39, 0.29) is 5.91 Å². The Bertz CT molecular complexity index is 1020. The molecule has 0 aliphatic carbocycles. The zero-order valence-corrected chi connectivity index (χ0v) is 15.5. The molecule has 0 spiro atoms. The first kappa shape index (κ1) is 16.8. The van der Waals surface area contributed by atoms with Gasteiger partial charge in [-0.05, 0) is 31.5 Å². The Morgan fingerprint density at radius 1 is 1.19 bits per heavy atom. The molecular weight excluding hydrogens is 346 g/mol. The van der Waals surface area contributed by atoms with Crippen LogP contribution in [0.2, 0.25) is 0 Å². The lowest BCUT2D eigenvalue weighted by Crippen LogP contribution is -2.50. The van der Waals surface area contributed by atoms with Crippen LogP contribution in [-0.2, 0) is 4.79 Å². The highest BCUT2D eigenvalue weighted by atomic mass is 32.2. The summed E-state index contributed by atoms with van der Waals surface area (Å²) in [5, 5.41) is 11.5. The van der Waals surface area contributed by atoms with E-state index in [1.165, 1.54) is 11.8 Å². The zero-order valence-electron chi connectivity index (χ0n) is 14.6. The zero-order chi connectivity index (χ0) is 18.1. The molecule has 0 bridgehead atoms. The SMILES string of the molecule is CCCSC1=NN2C(=c3ccccc3=N[C@@H]2c2cccc(C)n2)C(=O)N1. The molecule has 1 amide bonds. The van der Waals surface area contributed by atoms with Crippen LogP contribution in [0, 0.1) is 6.92 Å². The van der Waals surface area contributed by atoms with Crippen molar-refractivity contribution in [2.45, 2.75) is 26.4 Å². The summed E-state index contributed by atoms with van der Waals surface area (Å²) in [4.78, 5) is 22.3. The first-order valence-electron chi connectivity index (χ1n) is 8.60. The monoisotopic (exact) mass is 365 g/mol. The number of para-hydroxylation sites is 1. The minimum atomic E-state index is -0.455. The molecule has 1 atom stereocenters. The molecule has 3 heterocycles. The maximum absolute atomic E-state index is 12.9. The molecule has 4 rings (SSSR count). The molecule has 1 N–H and O–H groups in total. The normalized spacial score (nSPS) is 18.5. The van der Waals surface area contributed by atoms with Gasteiger partial charge >= 0.3 is 0 Å². The van der Waals surface area contributed by atoms with E-state index in [4.69, 9.17) is 4.99 Å². The van der Waals surface area contributed by atoms with Gasteiger partial charge in [-0.1, -0.05) is 43.0 Å². The summed E-state index contributed by atoms with van der Waals surface area (Å²) in [6.07, 6.45) is 0.551. The summed E-state index contributed by atoms with van der Waals surface area (Å²) in [6.45, 7) is 4.04. The van der Waals surface area contributed by atoms with Gasteiger partial charge in [-0.2, -0.15) is 0 Å². The highest BCUT2D eigenvalue weighted by Gasteiger charge is 2.34. The van der Waals surface area contributed by atoms with Gasteiger partial charge in [-0.15, -0.1) is 5.10 Å². The number of rotatable bonds is 3. The van der Waals surface area contributed by atoms with Gasteiger partial charge in [0.15, 0.2) is 11.3 Å². The number of fused-ring (bicyclic) bond motifs is 2. The van der Waals surface area contributed by atoms with Crippen molar-refractivity contribution in [2.75, 3.05) is 5.75 Å². The lowest BCUT2D eigenvalue weighted by atomic mass is 10.1. The number of nitrogens with zero attached hydrogens (tertiary/aromatic N) is 4. The smallest absolute Gasteiger partial charge is 0.276 e. The average molecular weight is 365 g/mol. The van der Waals surface area contributed by atoms with E-state index in [1.54, 1.807) is 5.01 Å². The molecule has 26 heavy (non-hydrogen) atoms. The number of benzene rings is 1. The van der Waals surface area contributed by atoms with Crippen LogP contribution in [0.1, 0.15) is 30.9 Å². The number of amides is 1. The minimum Gasteiger partial charge on any atom is -0.298 e. The van der Waals surface area contributed by atoms with E-state index in [0.29, 0.717) is 10.9 Å². The fourth-order valence-electron chi connectivity index (χ4n) is 2.99. The summed E-state index contributed by atoms with van der Waals surface area (Å²) >= 11 is 1.54. The van der Waals surface area contributed by atoms with Crippen molar-refractivity contribution in [1.29, 1.82) is 0 Å². The van der Waals surface area contributed by atoms with Crippen LogP contribution < -0.4 is 15.9 Å². The molecule has 2 aliphatic rings. The quantitative estimate of drug-likeness (QED) is 0.898. The molecule has 132 valence electrons. The number of hydrogen-bond acceptors (Lipinski definition) is 6. The minimum absolute atomic E-state index is 0.154. The molecule has 0 saturated carbocycles. The number of aryl methyl sites for hydroxylation is 1. The van der Waals surface area contributed by atoms with Crippen molar-refractivity contribution in [3.8, 4) is 0 Å². The molecule has 0 saturated heterocycles. The standard InChI is InChI=1S/C19H19N5OS/c1-3-11-26-19-22-18(25)16-13-8-4-5-9-14(13)21-17(24(16)23-19)15-10-6-7-12(2)20-15/h4-10,17H,3,11H2,1-2H3,(H,22,23,25)/t17-/m0/s1. The molecule has 2 aliphatic heterocycles. The van der Waals surface area contributed by atoms with Crippen LogP contribution in [-0.4, -0.2) is 26.8 Å². The molecule has 0 unspecified atom stereocenters.